The Bertz CT molecular complexity index is 637. The van der Waals surface area contributed by atoms with E-state index in [0.717, 1.165) is 17.5 Å². The molecule has 2 fully saturated rings. The monoisotopic (exact) mass is 259 g/mol. The van der Waals surface area contributed by atoms with Gasteiger partial charge >= 0.3 is 0 Å². The van der Waals surface area contributed by atoms with Gasteiger partial charge in [-0.1, -0.05) is 6.42 Å². The fourth-order valence-electron chi connectivity index (χ4n) is 3.91. The zero-order valence-electron chi connectivity index (χ0n) is 10.9. The van der Waals surface area contributed by atoms with Gasteiger partial charge in [-0.05, 0) is 31.1 Å². The Morgan fingerprint density at radius 2 is 2.21 bits per heavy atom. The molecule has 2 aromatic heterocycles. The van der Waals surface area contributed by atoms with Crippen LogP contribution < -0.4 is 10.5 Å². The lowest BCUT2D eigenvalue weighted by molar-refractivity contribution is 0.338. The third-order valence-corrected chi connectivity index (χ3v) is 4.70. The van der Waals surface area contributed by atoms with E-state index in [-0.39, 0.29) is 0 Å². The lowest BCUT2D eigenvalue weighted by Gasteiger charge is -2.24. The van der Waals surface area contributed by atoms with Crippen LogP contribution in [0.25, 0.3) is 11.2 Å². The number of aromatic nitrogens is 4. The molecule has 2 N–H and O–H groups in total. The smallest absolute Gasteiger partial charge is 0.245 e. The first-order valence-electron chi connectivity index (χ1n) is 6.80. The Labute approximate surface area is 111 Å². The van der Waals surface area contributed by atoms with E-state index in [2.05, 4.69) is 19.5 Å². The summed E-state index contributed by atoms with van der Waals surface area (Å²) in [6, 6.07) is 0.448. The molecule has 0 spiro atoms. The number of nitrogens with two attached hydrogens (primary N) is 1. The molecule has 4 rings (SSSR count). The lowest BCUT2D eigenvalue weighted by Crippen LogP contribution is -2.18. The summed E-state index contributed by atoms with van der Waals surface area (Å²) in [7, 11) is 1.59. The van der Waals surface area contributed by atoms with Crippen LogP contribution >= 0.6 is 0 Å². The van der Waals surface area contributed by atoms with Crippen LogP contribution in [0, 0.1) is 11.8 Å². The fraction of sp³-hybridized carbons (Fsp3) is 0.615. The van der Waals surface area contributed by atoms with Crippen molar-refractivity contribution >= 4 is 17.1 Å². The largest absolute Gasteiger partial charge is 0.479 e. The number of rotatable bonds is 2. The zero-order chi connectivity index (χ0) is 13.0. The van der Waals surface area contributed by atoms with Crippen molar-refractivity contribution in [3.8, 4) is 5.88 Å². The van der Waals surface area contributed by atoms with Gasteiger partial charge < -0.3 is 10.5 Å². The van der Waals surface area contributed by atoms with E-state index in [9.17, 15) is 0 Å². The quantitative estimate of drug-likeness (QED) is 0.889. The van der Waals surface area contributed by atoms with Crippen molar-refractivity contribution in [3.05, 3.63) is 6.33 Å². The first kappa shape index (κ1) is 11.0. The summed E-state index contributed by atoms with van der Waals surface area (Å²) in [5.41, 5.74) is 7.60. The number of hydrogen-bond donors (Lipinski definition) is 1. The molecule has 6 heteroatoms. The first-order valence-corrected chi connectivity index (χ1v) is 6.80. The Kier molecular flexibility index (Phi) is 2.22. The highest BCUT2D eigenvalue weighted by atomic mass is 16.5. The van der Waals surface area contributed by atoms with Gasteiger partial charge in [0.05, 0.1) is 7.11 Å². The highest BCUT2D eigenvalue weighted by Crippen LogP contribution is 2.52. The number of fused-ring (bicyclic) bond motifs is 3. The van der Waals surface area contributed by atoms with Crippen molar-refractivity contribution in [1.82, 2.24) is 19.5 Å². The third kappa shape index (κ3) is 1.45. The van der Waals surface area contributed by atoms with E-state index >= 15 is 0 Å². The molecule has 2 aliphatic carbocycles. The standard InChI is InChI=1S/C13H17N5O/c1-19-12-10-11(15-6-16-12)18(13(14)17-10)9-5-7-2-3-8(9)4-7/h6-9H,2-5H2,1H3,(H2,14,17). The van der Waals surface area contributed by atoms with E-state index < -0.39 is 0 Å². The molecule has 0 aliphatic heterocycles. The topological polar surface area (TPSA) is 78.8 Å². The zero-order valence-corrected chi connectivity index (χ0v) is 10.9. The third-order valence-electron chi connectivity index (χ3n) is 4.70. The van der Waals surface area contributed by atoms with Crippen LogP contribution in [0.1, 0.15) is 31.7 Å². The van der Waals surface area contributed by atoms with Crippen LogP contribution in [0.3, 0.4) is 0 Å². The fourth-order valence-corrected chi connectivity index (χ4v) is 3.91. The van der Waals surface area contributed by atoms with Gasteiger partial charge in [-0.15, -0.1) is 0 Å². The Morgan fingerprint density at radius 1 is 1.32 bits per heavy atom. The number of nitrogens with zero attached hydrogens (tertiary/aromatic N) is 4. The summed E-state index contributed by atoms with van der Waals surface area (Å²) in [5.74, 6) is 2.62. The molecule has 0 aromatic carbocycles. The number of hydrogen-bond acceptors (Lipinski definition) is 5. The summed E-state index contributed by atoms with van der Waals surface area (Å²) in [6.45, 7) is 0. The van der Waals surface area contributed by atoms with Gasteiger partial charge in [0.25, 0.3) is 0 Å². The second kappa shape index (κ2) is 3.82. The molecule has 100 valence electrons. The van der Waals surface area contributed by atoms with E-state index in [1.54, 1.807) is 7.11 Å². The summed E-state index contributed by atoms with van der Waals surface area (Å²) in [4.78, 5) is 12.9. The van der Waals surface area contributed by atoms with Gasteiger partial charge in [-0.3, -0.25) is 4.57 Å². The summed E-state index contributed by atoms with van der Waals surface area (Å²) < 4.78 is 7.34. The van der Waals surface area contributed by atoms with Gasteiger partial charge in [0.1, 0.15) is 6.33 Å². The second-order valence-corrected chi connectivity index (χ2v) is 5.64. The predicted octanol–water partition coefficient (Wildman–Crippen LogP) is 1.78. The van der Waals surface area contributed by atoms with Gasteiger partial charge in [-0.2, -0.15) is 4.98 Å². The van der Waals surface area contributed by atoms with Gasteiger partial charge in [0, 0.05) is 6.04 Å². The van der Waals surface area contributed by atoms with E-state index in [0.29, 0.717) is 23.4 Å². The number of imidazole rings is 1. The average molecular weight is 259 g/mol. The van der Waals surface area contributed by atoms with Crippen molar-refractivity contribution in [3.63, 3.8) is 0 Å². The first-order chi connectivity index (χ1) is 9.28. The molecule has 2 aromatic rings. The SMILES string of the molecule is COc1ncnc2c1nc(N)n2C1CC2CCC1C2. The molecule has 19 heavy (non-hydrogen) atoms. The molecule has 2 heterocycles. The average Bonchev–Trinajstić information content (AvgIpc) is 3.09. The van der Waals surface area contributed by atoms with Crippen LogP contribution in [0.4, 0.5) is 5.95 Å². The lowest BCUT2D eigenvalue weighted by atomic mass is 9.95. The number of nitrogen functional groups attached to an aromatic ring is 1. The number of ether oxygens (including phenoxy) is 1. The summed E-state index contributed by atoms with van der Waals surface area (Å²) in [6.07, 6.45) is 6.72. The highest BCUT2D eigenvalue weighted by molar-refractivity contribution is 5.79. The molecule has 0 saturated heterocycles. The molecule has 0 amide bonds. The summed E-state index contributed by atoms with van der Waals surface area (Å²) in [5, 5.41) is 0. The summed E-state index contributed by atoms with van der Waals surface area (Å²) >= 11 is 0. The van der Waals surface area contributed by atoms with Crippen LogP contribution in [-0.4, -0.2) is 26.6 Å². The molecule has 2 saturated carbocycles. The maximum Gasteiger partial charge on any atom is 0.245 e. The van der Waals surface area contributed by atoms with Crippen molar-refractivity contribution in [1.29, 1.82) is 0 Å². The molecule has 3 unspecified atom stereocenters. The second-order valence-electron chi connectivity index (χ2n) is 5.64. The minimum atomic E-state index is 0.448. The van der Waals surface area contributed by atoms with Crippen LogP contribution in [0.15, 0.2) is 6.33 Å². The van der Waals surface area contributed by atoms with Crippen molar-refractivity contribution in [2.75, 3.05) is 12.8 Å². The van der Waals surface area contributed by atoms with Crippen LogP contribution in [0.5, 0.6) is 5.88 Å². The van der Waals surface area contributed by atoms with Crippen LogP contribution in [-0.2, 0) is 0 Å². The van der Waals surface area contributed by atoms with E-state index in [1.807, 2.05) is 0 Å². The molecule has 2 aliphatic rings. The Balaban J connectivity index is 1.88. The van der Waals surface area contributed by atoms with Crippen LogP contribution in [0.2, 0.25) is 0 Å². The molecule has 3 atom stereocenters. The molecule has 6 nitrogen and oxygen atoms in total. The molecular weight excluding hydrogens is 242 g/mol. The Morgan fingerprint density at radius 3 is 2.89 bits per heavy atom. The molecule has 0 radical (unpaired) electrons. The van der Waals surface area contributed by atoms with Gasteiger partial charge in [0.2, 0.25) is 11.8 Å². The Hall–Kier alpha value is -1.85. The minimum Gasteiger partial charge on any atom is -0.479 e. The maximum atomic E-state index is 6.12. The van der Waals surface area contributed by atoms with Crippen molar-refractivity contribution in [2.24, 2.45) is 11.8 Å². The molecular formula is C13H17N5O. The number of anilines is 1. The predicted molar refractivity (Wildman–Crippen MR) is 70.8 cm³/mol. The molecule has 2 bridgehead atoms. The van der Waals surface area contributed by atoms with Crippen molar-refractivity contribution in [2.45, 2.75) is 31.7 Å². The van der Waals surface area contributed by atoms with Gasteiger partial charge in [-0.25, -0.2) is 9.97 Å². The van der Waals surface area contributed by atoms with E-state index in [1.165, 1.54) is 32.0 Å². The normalized spacial score (nSPS) is 29.2. The van der Waals surface area contributed by atoms with E-state index in [4.69, 9.17) is 10.5 Å². The van der Waals surface area contributed by atoms with Crippen molar-refractivity contribution < 1.29 is 4.74 Å². The number of methoxy groups -OCH3 is 1. The minimum absolute atomic E-state index is 0.448. The van der Waals surface area contributed by atoms with Gasteiger partial charge in [0.15, 0.2) is 11.2 Å². The highest BCUT2D eigenvalue weighted by Gasteiger charge is 2.42. The maximum absolute atomic E-state index is 6.12.